The van der Waals surface area contributed by atoms with Gasteiger partial charge in [0.1, 0.15) is 19.3 Å². The van der Waals surface area contributed by atoms with Crippen LogP contribution in [-0.4, -0.2) is 48.6 Å². The van der Waals surface area contributed by atoms with Crippen LogP contribution in [0.15, 0.2) is 36.5 Å². The average molecular weight is 605 g/mol. The summed E-state index contributed by atoms with van der Waals surface area (Å²) in [5.41, 5.74) is 0. The lowest BCUT2D eigenvalue weighted by Crippen LogP contribution is -2.25. The van der Waals surface area contributed by atoms with Crippen molar-refractivity contribution in [3.63, 3.8) is 0 Å². The lowest BCUT2D eigenvalue weighted by atomic mass is 10.0. The van der Waals surface area contributed by atoms with Gasteiger partial charge in [0.25, 0.3) is 0 Å². The number of rotatable bonds is 29. The molecule has 0 aromatic heterocycles. The molecule has 0 aromatic carbocycles. The summed E-state index contributed by atoms with van der Waals surface area (Å²) in [6.45, 7) is 6.50. The molecule has 0 amide bonds. The van der Waals surface area contributed by atoms with E-state index in [1.54, 1.807) is 0 Å². The molecule has 0 bridgehead atoms. The van der Waals surface area contributed by atoms with Crippen molar-refractivity contribution in [3.8, 4) is 0 Å². The van der Waals surface area contributed by atoms with Gasteiger partial charge in [-0.1, -0.05) is 121 Å². The number of allylic oxidation sites excluding steroid dienone is 4. The van der Waals surface area contributed by atoms with Gasteiger partial charge in [0.05, 0.1) is 12.2 Å². The third-order valence-corrected chi connectivity index (χ3v) is 7.71. The maximum atomic E-state index is 11.9. The van der Waals surface area contributed by atoms with E-state index in [0.717, 1.165) is 50.9 Å². The fourth-order valence-corrected chi connectivity index (χ4v) is 4.89. The van der Waals surface area contributed by atoms with E-state index < -0.39 is 6.10 Å². The molecular weight excluding hydrogens is 540 g/mol. The number of carbonyl (C=O) groups is 2. The summed E-state index contributed by atoms with van der Waals surface area (Å²) in [7, 11) is 0. The van der Waals surface area contributed by atoms with Gasteiger partial charge in [-0.15, -0.1) is 0 Å². The number of ether oxygens (including phenoxy) is 3. The van der Waals surface area contributed by atoms with E-state index >= 15 is 0 Å². The highest BCUT2D eigenvalue weighted by atomic mass is 16.6. The second-order valence-electron chi connectivity index (χ2n) is 12.5. The number of esters is 2. The maximum absolute atomic E-state index is 11.9. The molecule has 43 heavy (non-hydrogen) atoms. The molecule has 1 aliphatic rings. The topological polar surface area (TPSA) is 85.4 Å². The smallest absolute Gasteiger partial charge is 0.305 e. The van der Waals surface area contributed by atoms with Crippen molar-refractivity contribution in [1.82, 2.24) is 0 Å². The highest BCUT2D eigenvalue weighted by molar-refractivity contribution is 5.69. The van der Waals surface area contributed by atoms with Gasteiger partial charge < -0.3 is 19.3 Å². The summed E-state index contributed by atoms with van der Waals surface area (Å²) in [5, 5.41) is 9.97. The normalized spacial score (nSPS) is 17.4. The van der Waals surface area contributed by atoms with Crippen LogP contribution in [0.1, 0.15) is 149 Å². The summed E-state index contributed by atoms with van der Waals surface area (Å²) in [6, 6.07) is 0. The van der Waals surface area contributed by atoms with E-state index in [4.69, 9.17) is 14.2 Å². The predicted octanol–water partition coefficient (Wildman–Crippen LogP) is 9.35. The lowest BCUT2D eigenvalue weighted by Gasteiger charge is -2.12. The van der Waals surface area contributed by atoms with Crippen LogP contribution in [0.3, 0.4) is 0 Å². The third-order valence-electron chi connectivity index (χ3n) is 7.71. The molecule has 1 fully saturated rings. The number of hydrogen-bond donors (Lipinski definition) is 1. The zero-order valence-electron chi connectivity index (χ0n) is 27.8. The van der Waals surface area contributed by atoms with Gasteiger partial charge >= 0.3 is 11.9 Å². The Balaban J connectivity index is 1.90. The molecule has 0 aliphatic carbocycles. The van der Waals surface area contributed by atoms with E-state index in [2.05, 4.69) is 57.2 Å². The number of epoxide rings is 1. The van der Waals surface area contributed by atoms with Gasteiger partial charge in [0.15, 0.2) is 0 Å². The van der Waals surface area contributed by atoms with Crippen LogP contribution in [0, 0.1) is 5.92 Å². The van der Waals surface area contributed by atoms with Crippen molar-refractivity contribution in [2.45, 2.75) is 167 Å². The molecule has 1 aliphatic heterocycles. The minimum absolute atomic E-state index is 0.137. The number of carbonyl (C=O) groups excluding carboxylic acids is 2. The summed E-state index contributed by atoms with van der Waals surface area (Å²) in [6.07, 6.45) is 33.7. The van der Waals surface area contributed by atoms with Crippen LogP contribution in [0.4, 0.5) is 0 Å². The summed E-state index contributed by atoms with van der Waals surface area (Å²) >= 11 is 0. The van der Waals surface area contributed by atoms with E-state index in [-0.39, 0.29) is 25.2 Å². The molecule has 0 spiro atoms. The van der Waals surface area contributed by atoms with E-state index in [9.17, 15) is 14.7 Å². The van der Waals surface area contributed by atoms with Gasteiger partial charge in [-0.2, -0.15) is 0 Å². The molecule has 1 N–H and O–H groups in total. The first-order chi connectivity index (χ1) is 20.9. The zero-order chi connectivity index (χ0) is 31.4. The number of hydrogen-bond acceptors (Lipinski definition) is 6. The summed E-state index contributed by atoms with van der Waals surface area (Å²) < 4.78 is 16.0. The number of unbranched alkanes of at least 4 members (excludes halogenated alkanes) is 11. The second-order valence-corrected chi connectivity index (χ2v) is 12.5. The van der Waals surface area contributed by atoms with Gasteiger partial charge in [-0.05, 0) is 57.3 Å². The van der Waals surface area contributed by atoms with Crippen LogP contribution in [0.2, 0.25) is 0 Å². The lowest BCUT2D eigenvalue weighted by molar-refractivity contribution is -0.152. The molecule has 0 aromatic rings. The molecule has 3 atom stereocenters. The number of aliphatic hydroxyl groups excluding tert-OH is 1. The molecule has 1 heterocycles. The Kier molecular flexibility index (Phi) is 25.1. The fraction of sp³-hybridized carbons (Fsp3) is 0.784. The quantitative estimate of drug-likeness (QED) is 0.0396. The number of aliphatic hydroxyl groups is 1. The molecule has 1 rings (SSSR count). The van der Waals surface area contributed by atoms with Gasteiger partial charge in [0, 0.05) is 12.8 Å². The van der Waals surface area contributed by atoms with Crippen molar-refractivity contribution in [1.29, 1.82) is 0 Å². The minimum Gasteiger partial charge on any atom is -0.463 e. The maximum Gasteiger partial charge on any atom is 0.305 e. The Morgan fingerprint density at radius 3 is 1.81 bits per heavy atom. The Labute approximate surface area is 263 Å². The second kappa shape index (κ2) is 27.6. The Hall–Kier alpha value is -1.92. The van der Waals surface area contributed by atoms with E-state index in [1.807, 2.05) is 0 Å². The Morgan fingerprint density at radius 2 is 1.19 bits per heavy atom. The van der Waals surface area contributed by atoms with Crippen molar-refractivity contribution >= 4 is 11.9 Å². The third kappa shape index (κ3) is 26.2. The first kappa shape index (κ1) is 39.1. The molecule has 1 saturated heterocycles. The highest BCUT2D eigenvalue weighted by Crippen LogP contribution is 2.29. The average Bonchev–Trinajstić information content (AvgIpc) is 3.74. The van der Waals surface area contributed by atoms with Crippen LogP contribution in [-0.2, 0) is 23.8 Å². The Bertz CT molecular complexity index is 771. The summed E-state index contributed by atoms with van der Waals surface area (Å²) in [5.74, 6) is 0.162. The van der Waals surface area contributed by atoms with Crippen molar-refractivity contribution in [2.24, 2.45) is 5.92 Å². The molecule has 6 heteroatoms. The van der Waals surface area contributed by atoms with Gasteiger partial charge in [0.2, 0.25) is 0 Å². The molecule has 0 saturated carbocycles. The molecule has 0 radical (unpaired) electrons. The standard InChI is InChI=1S/C37H64O6/c1-4-5-6-7-8-9-13-16-21-26-34-35(43-34)27-22-18-19-24-29-37(40)42-31-33(38)30-41-36(39)28-23-17-14-11-10-12-15-20-25-32(2)3/h8-9,16,18,21-22,32-35,38H,4-7,10-15,17,19-20,23-31H2,1-3H3/b9-8-,21-16-,22-18-/t33-,34?,35?/m1/s1. The van der Waals surface area contributed by atoms with Crippen LogP contribution >= 0.6 is 0 Å². The monoisotopic (exact) mass is 604 g/mol. The fourth-order valence-electron chi connectivity index (χ4n) is 4.89. The first-order valence-corrected chi connectivity index (χ1v) is 17.5. The van der Waals surface area contributed by atoms with Crippen molar-refractivity contribution in [3.05, 3.63) is 36.5 Å². The van der Waals surface area contributed by atoms with Gasteiger partial charge in [-0.25, -0.2) is 0 Å². The molecular formula is C37H64O6. The minimum atomic E-state index is -0.989. The summed E-state index contributed by atoms with van der Waals surface area (Å²) in [4.78, 5) is 23.8. The van der Waals surface area contributed by atoms with Gasteiger partial charge in [-0.3, -0.25) is 9.59 Å². The van der Waals surface area contributed by atoms with Crippen LogP contribution < -0.4 is 0 Å². The van der Waals surface area contributed by atoms with Crippen molar-refractivity contribution in [2.75, 3.05) is 13.2 Å². The predicted molar refractivity (Wildman–Crippen MR) is 177 cm³/mol. The SMILES string of the molecule is CCCCC/C=C\C/C=C\CC1OC1C/C=C\CCCC(=O)OC[C@H](O)COC(=O)CCCCCCCCCCC(C)C. The van der Waals surface area contributed by atoms with Crippen LogP contribution in [0.25, 0.3) is 0 Å². The molecule has 6 nitrogen and oxygen atoms in total. The van der Waals surface area contributed by atoms with Crippen molar-refractivity contribution < 1.29 is 28.9 Å². The van der Waals surface area contributed by atoms with E-state index in [1.165, 1.54) is 64.2 Å². The zero-order valence-corrected chi connectivity index (χ0v) is 27.8. The molecule has 248 valence electrons. The Morgan fingerprint density at radius 1 is 0.674 bits per heavy atom. The first-order valence-electron chi connectivity index (χ1n) is 17.5. The highest BCUT2D eigenvalue weighted by Gasteiger charge is 2.35. The largest absolute Gasteiger partial charge is 0.463 e. The van der Waals surface area contributed by atoms with E-state index in [0.29, 0.717) is 31.5 Å². The molecule has 2 unspecified atom stereocenters. The van der Waals surface area contributed by atoms with Crippen LogP contribution in [0.5, 0.6) is 0 Å².